The van der Waals surface area contributed by atoms with Crippen molar-refractivity contribution in [2.45, 2.75) is 59.8 Å². The Balaban J connectivity index is 1.95. The van der Waals surface area contributed by atoms with E-state index in [2.05, 4.69) is 20.8 Å². The summed E-state index contributed by atoms with van der Waals surface area (Å²) < 4.78 is 13.3. The van der Waals surface area contributed by atoms with Gasteiger partial charge in [0, 0.05) is 12.3 Å². The van der Waals surface area contributed by atoms with Crippen LogP contribution in [0.4, 0.5) is 4.39 Å². The average molecular weight is 290 g/mol. The highest BCUT2D eigenvalue weighted by atomic mass is 19.1. The van der Waals surface area contributed by atoms with Gasteiger partial charge in [0.2, 0.25) is 0 Å². The van der Waals surface area contributed by atoms with Gasteiger partial charge in [0.25, 0.3) is 0 Å². The summed E-state index contributed by atoms with van der Waals surface area (Å²) >= 11 is 0. The van der Waals surface area contributed by atoms with Crippen LogP contribution in [0.5, 0.6) is 0 Å². The number of hydrogen-bond donors (Lipinski definition) is 0. The minimum atomic E-state index is -0.250. The van der Waals surface area contributed by atoms with Crippen LogP contribution in [0.2, 0.25) is 0 Å². The average Bonchev–Trinajstić information content (AvgIpc) is 2.42. The second-order valence-corrected chi connectivity index (χ2v) is 7.63. The zero-order valence-electron chi connectivity index (χ0n) is 13.7. The van der Waals surface area contributed by atoms with E-state index in [4.69, 9.17) is 0 Å². The van der Waals surface area contributed by atoms with Gasteiger partial charge < -0.3 is 0 Å². The first-order valence-corrected chi connectivity index (χ1v) is 8.05. The molecule has 1 aliphatic carbocycles. The lowest BCUT2D eigenvalue weighted by molar-refractivity contribution is -0.123. The van der Waals surface area contributed by atoms with Crippen LogP contribution in [0.25, 0.3) is 0 Å². The summed E-state index contributed by atoms with van der Waals surface area (Å²) in [6.45, 7) is 8.81. The molecule has 0 N–H and O–H groups in total. The number of halogens is 1. The summed E-state index contributed by atoms with van der Waals surface area (Å²) in [6, 6.07) is 4.72. The van der Waals surface area contributed by atoms with Crippen molar-refractivity contribution < 1.29 is 9.18 Å². The maximum absolute atomic E-state index is 13.3. The maximum atomic E-state index is 13.3. The summed E-state index contributed by atoms with van der Waals surface area (Å²) in [5.74, 6) is 0.930. The fourth-order valence-electron chi connectivity index (χ4n) is 3.44. The molecule has 1 aromatic rings. The maximum Gasteiger partial charge on any atom is 0.140 e. The van der Waals surface area contributed by atoms with Crippen LogP contribution in [-0.4, -0.2) is 5.78 Å². The Kier molecular flexibility index (Phi) is 4.85. The molecule has 1 aromatic carbocycles. The van der Waals surface area contributed by atoms with E-state index in [0.717, 1.165) is 42.7 Å². The first kappa shape index (κ1) is 16.2. The molecule has 1 fully saturated rings. The molecule has 2 rings (SSSR count). The summed E-state index contributed by atoms with van der Waals surface area (Å²) in [6.07, 6.45) is 4.66. The van der Waals surface area contributed by atoms with Crippen molar-refractivity contribution in [2.24, 2.45) is 17.3 Å². The van der Waals surface area contributed by atoms with Crippen LogP contribution in [-0.2, 0) is 11.2 Å². The fourth-order valence-corrected chi connectivity index (χ4v) is 3.44. The standard InChI is InChI=1S/C19H27FO/c1-13-5-10-17(20)11-15(13)12-18(21)14-6-8-16(9-7-14)19(2,3)4/h5,10-11,14,16H,6-9,12H2,1-4H3. The minimum Gasteiger partial charge on any atom is -0.299 e. The van der Waals surface area contributed by atoms with Crippen molar-refractivity contribution in [3.8, 4) is 0 Å². The highest BCUT2D eigenvalue weighted by molar-refractivity contribution is 5.83. The Labute approximate surface area is 127 Å². The van der Waals surface area contributed by atoms with Gasteiger partial charge in [-0.05, 0) is 67.2 Å². The molecule has 0 saturated heterocycles. The smallest absolute Gasteiger partial charge is 0.140 e. The van der Waals surface area contributed by atoms with E-state index in [-0.39, 0.29) is 17.5 Å². The van der Waals surface area contributed by atoms with Gasteiger partial charge in [-0.15, -0.1) is 0 Å². The predicted molar refractivity (Wildman–Crippen MR) is 84.8 cm³/mol. The van der Waals surface area contributed by atoms with Crippen LogP contribution in [0.3, 0.4) is 0 Å². The van der Waals surface area contributed by atoms with Crippen LogP contribution in [0.15, 0.2) is 18.2 Å². The Morgan fingerprint density at radius 1 is 1.19 bits per heavy atom. The van der Waals surface area contributed by atoms with Gasteiger partial charge in [-0.3, -0.25) is 4.79 Å². The molecule has 0 spiro atoms. The van der Waals surface area contributed by atoms with Crippen molar-refractivity contribution in [3.05, 3.63) is 35.1 Å². The highest BCUT2D eigenvalue weighted by Crippen LogP contribution is 2.40. The Bertz CT molecular complexity index is 505. The van der Waals surface area contributed by atoms with E-state index < -0.39 is 0 Å². The Hall–Kier alpha value is -1.18. The van der Waals surface area contributed by atoms with Crippen LogP contribution < -0.4 is 0 Å². The molecule has 0 atom stereocenters. The fraction of sp³-hybridized carbons (Fsp3) is 0.632. The number of carbonyl (C=O) groups excluding carboxylic acids is 1. The van der Waals surface area contributed by atoms with E-state index in [9.17, 15) is 9.18 Å². The second kappa shape index (κ2) is 6.29. The summed E-state index contributed by atoms with van der Waals surface area (Å²) in [7, 11) is 0. The lowest BCUT2D eigenvalue weighted by Crippen LogP contribution is -2.29. The van der Waals surface area contributed by atoms with Crippen molar-refractivity contribution in [1.82, 2.24) is 0 Å². The van der Waals surface area contributed by atoms with E-state index >= 15 is 0 Å². The molecule has 0 heterocycles. The number of aryl methyl sites for hydroxylation is 1. The van der Waals surface area contributed by atoms with E-state index in [1.54, 1.807) is 6.07 Å². The number of rotatable bonds is 3. The minimum absolute atomic E-state index is 0.172. The molecule has 0 radical (unpaired) electrons. The highest BCUT2D eigenvalue weighted by Gasteiger charge is 2.32. The SMILES string of the molecule is Cc1ccc(F)cc1CC(=O)C1CCC(C(C)(C)C)CC1. The Morgan fingerprint density at radius 3 is 2.38 bits per heavy atom. The lowest BCUT2D eigenvalue weighted by atomic mass is 9.69. The van der Waals surface area contributed by atoms with Crippen molar-refractivity contribution >= 4 is 5.78 Å². The van der Waals surface area contributed by atoms with Gasteiger partial charge in [0.05, 0.1) is 0 Å². The monoisotopic (exact) mass is 290 g/mol. The van der Waals surface area contributed by atoms with E-state index in [1.807, 2.05) is 6.92 Å². The third-order valence-corrected chi connectivity index (χ3v) is 5.08. The molecule has 0 bridgehead atoms. The first-order chi connectivity index (χ1) is 9.77. The third kappa shape index (κ3) is 4.15. The first-order valence-electron chi connectivity index (χ1n) is 8.05. The van der Waals surface area contributed by atoms with Crippen LogP contribution in [0.1, 0.15) is 57.6 Å². The lowest BCUT2D eigenvalue weighted by Gasteiger charge is -2.36. The molecule has 116 valence electrons. The number of ketones is 1. The Morgan fingerprint density at radius 2 is 1.81 bits per heavy atom. The molecular weight excluding hydrogens is 263 g/mol. The zero-order valence-corrected chi connectivity index (χ0v) is 13.7. The topological polar surface area (TPSA) is 17.1 Å². The molecular formula is C19H27FO. The molecule has 0 aliphatic heterocycles. The van der Waals surface area contributed by atoms with Gasteiger partial charge in [-0.1, -0.05) is 26.8 Å². The second-order valence-electron chi connectivity index (χ2n) is 7.63. The van der Waals surface area contributed by atoms with Gasteiger partial charge >= 0.3 is 0 Å². The van der Waals surface area contributed by atoms with E-state index in [0.29, 0.717) is 11.8 Å². The zero-order chi connectivity index (χ0) is 15.6. The van der Waals surface area contributed by atoms with Gasteiger partial charge in [0.15, 0.2) is 0 Å². The molecule has 1 nitrogen and oxygen atoms in total. The largest absolute Gasteiger partial charge is 0.299 e. The van der Waals surface area contributed by atoms with Gasteiger partial charge in [-0.2, -0.15) is 0 Å². The van der Waals surface area contributed by atoms with Crippen LogP contribution in [0, 0.1) is 30.0 Å². The van der Waals surface area contributed by atoms with Gasteiger partial charge in [0.1, 0.15) is 11.6 Å². The van der Waals surface area contributed by atoms with E-state index in [1.165, 1.54) is 12.1 Å². The molecule has 21 heavy (non-hydrogen) atoms. The quantitative estimate of drug-likeness (QED) is 0.757. The molecule has 2 heteroatoms. The molecule has 0 unspecified atom stereocenters. The van der Waals surface area contributed by atoms with Crippen molar-refractivity contribution in [2.75, 3.05) is 0 Å². The molecule has 1 aliphatic rings. The number of Topliss-reactive ketones (excluding diaryl/α,β-unsaturated/α-hetero) is 1. The number of benzene rings is 1. The number of carbonyl (C=O) groups is 1. The van der Waals surface area contributed by atoms with Crippen molar-refractivity contribution in [3.63, 3.8) is 0 Å². The molecule has 0 aromatic heterocycles. The van der Waals surface area contributed by atoms with Crippen LogP contribution >= 0.6 is 0 Å². The number of hydrogen-bond acceptors (Lipinski definition) is 1. The summed E-state index contributed by atoms with van der Waals surface area (Å²) in [5, 5.41) is 0. The predicted octanol–water partition coefficient (Wildman–Crippen LogP) is 5.10. The summed E-state index contributed by atoms with van der Waals surface area (Å²) in [4.78, 5) is 12.5. The van der Waals surface area contributed by atoms with Gasteiger partial charge in [-0.25, -0.2) is 4.39 Å². The van der Waals surface area contributed by atoms with Crippen molar-refractivity contribution in [1.29, 1.82) is 0 Å². The normalized spacial score (nSPS) is 23.1. The summed E-state index contributed by atoms with van der Waals surface area (Å²) in [5.41, 5.74) is 2.19. The molecule has 1 saturated carbocycles. The molecule has 0 amide bonds. The third-order valence-electron chi connectivity index (χ3n) is 5.08.